The standard InChI is InChI=1S/C16H21N3O2/c1-12-7-9-14(10-8-12)19-15(16(20)21-18-19)11-17-13-5-3-2-4-6-13/h7-10,13,17H,2-6,11H2,1H3. The molecule has 1 heterocycles. The van der Waals surface area contributed by atoms with Crippen LogP contribution in [0.2, 0.25) is 0 Å². The van der Waals surface area contributed by atoms with Gasteiger partial charge in [0, 0.05) is 18.2 Å². The average Bonchev–Trinajstić information content (AvgIpc) is 2.88. The van der Waals surface area contributed by atoms with E-state index in [-0.39, 0.29) is 5.95 Å². The van der Waals surface area contributed by atoms with E-state index in [9.17, 15) is 5.11 Å². The van der Waals surface area contributed by atoms with Crippen molar-refractivity contribution in [2.45, 2.75) is 51.6 Å². The van der Waals surface area contributed by atoms with Crippen LogP contribution in [0.5, 0.6) is 5.95 Å². The predicted molar refractivity (Wildman–Crippen MR) is 75.9 cm³/mol. The number of benzene rings is 1. The summed E-state index contributed by atoms with van der Waals surface area (Å²) < 4.78 is 6.43. The van der Waals surface area contributed by atoms with Gasteiger partial charge in [-0.1, -0.05) is 37.0 Å². The van der Waals surface area contributed by atoms with Gasteiger partial charge in [0.25, 0.3) is 5.69 Å². The van der Waals surface area contributed by atoms with Gasteiger partial charge >= 0.3 is 0 Å². The Morgan fingerprint density at radius 3 is 2.67 bits per heavy atom. The van der Waals surface area contributed by atoms with E-state index in [1.54, 1.807) is 4.68 Å². The molecule has 112 valence electrons. The summed E-state index contributed by atoms with van der Waals surface area (Å²) in [5, 5.41) is 19.2. The monoisotopic (exact) mass is 287 g/mol. The maximum Gasteiger partial charge on any atom is 0.253 e. The average molecular weight is 287 g/mol. The van der Waals surface area contributed by atoms with Crippen molar-refractivity contribution in [3.63, 3.8) is 0 Å². The zero-order chi connectivity index (χ0) is 14.7. The van der Waals surface area contributed by atoms with Crippen molar-refractivity contribution in [3.05, 3.63) is 35.5 Å². The summed E-state index contributed by atoms with van der Waals surface area (Å²) >= 11 is 0. The summed E-state index contributed by atoms with van der Waals surface area (Å²) in [5.74, 6) is -0.362. The third-order valence-corrected chi connectivity index (χ3v) is 4.14. The minimum atomic E-state index is -0.362. The molecule has 0 radical (unpaired) electrons. The second kappa shape index (κ2) is 6.26. The summed E-state index contributed by atoms with van der Waals surface area (Å²) in [5.41, 5.74) is 2.59. The van der Waals surface area contributed by atoms with Crippen LogP contribution in [0.25, 0.3) is 5.69 Å². The van der Waals surface area contributed by atoms with E-state index in [2.05, 4.69) is 10.6 Å². The van der Waals surface area contributed by atoms with Crippen LogP contribution in [0.3, 0.4) is 0 Å². The lowest BCUT2D eigenvalue weighted by Crippen LogP contribution is -2.41. The van der Waals surface area contributed by atoms with Gasteiger partial charge < -0.3 is 14.9 Å². The summed E-state index contributed by atoms with van der Waals surface area (Å²) in [6, 6.07) is 8.39. The van der Waals surface area contributed by atoms with Gasteiger partial charge in [0.05, 0.1) is 11.8 Å². The maximum atomic E-state index is 11.9. The lowest BCUT2D eigenvalue weighted by molar-refractivity contribution is -0.677. The summed E-state index contributed by atoms with van der Waals surface area (Å²) in [7, 11) is 0. The van der Waals surface area contributed by atoms with E-state index in [4.69, 9.17) is 4.52 Å². The Morgan fingerprint density at radius 2 is 1.95 bits per heavy atom. The van der Waals surface area contributed by atoms with Gasteiger partial charge in [-0.25, -0.2) is 0 Å². The second-order valence-electron chi connectivity index (χ2n) is 5.77. The molecule has 21 heavy (non-hydrogen) atoms. The van der Waals surface area contributed by atoms with Crippen molar-refractivity contribution in [1.29, 1.82) is 0 Å². The fraction of sp³-hybridized carbons (Fsp3) is 0.500. The zero-order valence-corrected chi connectivity index (χ0v) is 12.3. The quantitative estimate of drug-likeness (QED) is 0.870. The molecule has 1 fully saturated rings. The molecule has 0 saturated heterocycles. The summed E-state index contributed by atoms with van der Waals surface area (Å²) in [6.45, 7) is 2.53. The maximum absolute atomic E-state index is 11.9. The minimum absolute atomic E-state index is 0.362. The van der Waals surface area contributed by atoms with E-state index in [0.717, 1.165) is 5.69 Å². The smallest absolute Gasteiger partial charge is 0.253 e. The van der Waals surface area contributed by atoms with Crippen LogP contribution in [0.1, 0.15) is 43.4 Å². The molecule has 0 bridgehead atoms. The summed E-state index contributed by atoms with van der Waals surface area (Å²) in [4.78, 5) is 0. The molecule has 2 aromatic rings. The zero-order valence-electron chi connectivity index (χ0n) is 12.3. The van der Waals surface area contributed by atoms with Crippen molar-refractivity contribution < 1.29 is 14.3 Å². The Balaban J connectivity index is 1.75. The van der Waals surface area contributed by atoms with Gasteiger partial charge in [-0.3, -0.25) is 0 Å². The Hall–Kier alpha value is -1.88. The number of hydrogen-bond acceptors (Lipinski definition) is 4. The Labute approximate surface area is 124 Å². The highest BCUT2D eigenvalue weighted by Crippen LogP contribution is 2.18. The Bertz CT molecular complexity index is 586. The Kier molecular flexibility index (Phi) is 4.20. The van der Waals surface area contributed by atoms with Gasteiger partial charge in [-0.05, 0) is 24.4 Å². The normalized spacial score (nSPS) is 16.2. The molecule has 0 aliphatic heterocycles. The van der Waals surface area contributed by atoms with Crippen molar-refractivity contribution in [1.82, 2.24) is 10.6 Å². The largest absolute Gasteiger partial charge is 0.539 e. The number of rotatable bonds is 4. The second-order valence-corrected chi connectivity index (χ2v) is 5.77. The predicted octanol–water partition coefficient (Wildman–Crippen LogP) is 1.76. The molecule has 0 atom stereocenters. The third-order valence-electron chi connectivity index (χ3n) is 4.14. The van der Waals surface area contributed by atoms with Gasteiger partial charge in [0.1, 0.15) is 0 Å². The first-order valence-electron chi connectivity index (χ1n) is 7.62. The summed E-state index contributed by atoms with van der Waals surface area (Å²) in [6.07, 6.45) is 6.22. The molecule has 0 spiro atoms. The van der Waals surface area contributed by atoms with Crippen LogP contribution in [-0.4, -0.2) is 11.3 Å². The number of hydrogen-bond donors (Lipinski definition) is 1. The molecule has 1 aromatic carbocycles. The van der Waals surface area contributed by atoms with Crippen molar-refractivity contribution in [2.24, 2.45) is 0 Å². The lowest BCUT2D eigenvalue weighted by atomic mass is 9.95. The number of aromatic nitrogens is 2. The number of nitrogens with zero attached hydrogens (tertiary/aromatic N) is 2. The van der Waals surface area contributed by atoms with Crippen LogP contribution in [0, 0.1) is 6.92 Å². The molecular formula is C16H21N3O2. The van der Waals surface area contributed by atoms with Crippen molar-refractivity contribution in [2.75, 3.05) is 0 Å². The molecule has 5 nitrogen and oxygen atoms in total. The molecule has 0 unspecified atom stereocenters. The van der Waals surface area contributed by atoms with E-state index < -0.39 is 0 Å². The van der Waals surface area contributed by atoms with Crippen LogP contribution < -0.4 is 15.1 Å². The topological polar surface area (TPSA) is 65.0 Å². The molecule has 1 aromatic heterocycles. The molecule has 0 amide bonds. The third kappa shape index (κ3) is 3.24. The molecule has 5 heteroatoms. The molecule has 3 rings (SSSR count). The van der Waals surface area contributed by atoms with E-state index >= 15 is 0 Å². The van der Waals surface area contributed by atoms with Crippen molar-refractivity contribution >= 4 is 0 Å². The van der Waals surface area contributed by atoms with Crippen LogP contribution in [0.15, 0.2) is 28.8 Å². The number of aryl methyl sites for hydroxylation is 1. The molecule has 1 N–H and O–H groups in total. The van der Waals surface area contributed by atoms with Gasteiger partial charge in [0.15, 0.2) is 5.95 Å². The highest BCUT2D eigenvalue weighted by atomic mass is 16.6. The molecular weight excluding hydrogens is 266 g/mol. The van der Waals surface area contributed by atoms with Crippen molar-refractivity contribution in [3.8, 4) is 11.6 Å². The fourth-order valence-corrected chi connectivity index (χ4v) is 2.85. The highest BCUT2D eigenvalue weighted by molar-refractivity contribution is 5.27. The first-order valence-corrected chi connectivity index (χ1v) is 7.62. The SMILES string of the molecule is Cc1ccc(-[n+]2noc([O-])c2CNC2CCCCC2)cc1. The fourth-order valence-electron chi connectivity index (χ4n) is 2.85. The number of nitrogens with one attached hydrogen (secondary N) is 1. The van der Waals surface area contributed by atoms with Crippen LogP contribution in [0.4, 0.5) is 0 Å². The minimum Gasteiger partial charge on any atom is -0.539 e. The van der Waals surface area contributed by atoms with E-state index in [1.807, 2.05) is 31.2 Å². The molecule has 1 aliphatic carbocycles. The highest BCUT2D eigenvalue weighted by Gasteiger charge is 2.22. The Morgan fingerprint density at radius 1 is 1.24 bits per heavy atom. The first kappa shape index (κ1) is 14.1. The van der Waals surface area contributed by atoms with E-state index in [0.29, 0.717) is 18.3 Å². The van der Waals surface area contributed by atoms with Crippen LogP contribution >= 0.6 is 0 Å². The molecule has 1 saturated carbocycles. The van der Waals surface area contributed by atoms with Gasteiger partial charge in [0.2, 0.25) is 5.69 Å². The lowest BCUT2D eigenvalue weighted by Gasteiger charge is -2.21. The van der Waals surface area contributed by atoms with Crippen LogP contribution in [-0.2, 0) is 6.54 Å². The van der Waals surface area contributed by atoms with E-state index in [1.165, 1.54) is 37.7 Å². The van der Waals surface area contributed by atoms with Gasteiger partial charge in [-0.2, -0.15) is 0 Å². The van der Waals surface area contributed by atoms with Gasteiger partial charge in [-0.15, -0.1) is 0 Å². The molecule has 1 aliphatic rings. The first-order chi connectivity index (χ1) is 10.2.